The minimum absolute atomic E-state index is 0.0132. The molecule has 0 radical (unpaired) electrons. The zero-order chi connectivity index (χ0) is 19.7. The lowest BCUT2D eigenvalue weighted by molar-refractivity contribution is 0.311. The molecular formula is C18H19ClN8O. The molecule has 3 aromatic heterocycles. The molecule has 0 saturated carbocycles. The summed E-state index contributed by atoms with van der Waals surface area (Å²) >= 11 is 6.30. The van der Waals surface area contributed by atoms with E-state index < -0.39 is 0 Å². The van der Waals surface area contributed by atoms with Gasteiger partial charge in [-0.1, -0.05) is 23.7 Å². The highest BCUT2D eigenvalue weighted by atomic mass is 35.5. The third kappa shape index (κ3) is 3.37. The molecule has 0 aliphatic rings. The Morgan fingerprint density at radius 3 is 2.93 bits per heavy atom. The van der Waals surface area contributed by atoms with Crippen LogP contribution in [0, 0.1) is 0 Å². The highest BCUT2D eigenvalue weighted by Crippen LogP contribution is 2.31. The van der Waals surface area contributed by atoms with Crippen molar-refractivity contribution in [2.24, 2.45) is 0 Å². The van der Waals surface area contributed by atoms with Crippen LogP contribution < -0.4 is 16.4 Å². The second-order valence-electron chi connectivity index (χ2n) is 6.29. The van der Waals surface area contributed by atoms with E-state index in [-0.39, 0.29) is 18.6 Å². The standard InChI is InChI=1S/C18H19ClN8O/c1-9(24-17-14-16(23-8-22-14)26-18(20)27-17)11-7-10-3-2-4-12(19)13(10)25-15(11)21-5-6-28/h2-4,7-9,28H,5-6H2,1H3,(H,21,25)(H4,20,22,23,24,26,27)/t9-/m0/s1. The van der Waals surface area contributed by atoms with Gasteiger partial charge in [0.2, 0.25) is 5.95 Å². The van der Waals surface area contributed by atoms with E-state index in [2.05, 4.69) is 35.6 Å². The molecule has 0 fully saturated rings. The summed E-state index contributed by atoms with van der Waals surface area (Å²) in [5, 5.41) is 17.2. The second kappa shape index (κ2) is 7.45. The second-order valence-corrected chi connectivity index (χ2v) is 6.69. The van der Waals surface area contributed by atoms with E-state index in [1.807, 2.05) is 25.1 Å². The summed E-state index contributed by atoms with van der Waals surface area (Å²) in [6.07, 6.45) is 1.54. The van der Waals surface area contributed by atoms with Crippen LogP contribution in [0.4, 0.5) is 17.6 Å². The minimum Gasteiger partial charge on any atom is -0.395 e. The van der Waals surface area contributed by atoms with Gasteiger partial charge in [-0.05, 0) is 19.1 Å². The highest BCUT2D eigenvalue weighted by molar-refractivity contribution is 6.35. The van der Waals surface area contributed by atoms with E-state index >= 15 is 0 Å². The summed E-state index contributed by atoms with van der Waals surface area (Å²) in [6.45, 7) is 2.34. The normalized spacial score (nSPS) is 12.4. The van der Waals surface area contributed by atoms with Crippen molar-refractivity contribution in [2.75, 3.05) is 29.5 Å². The molecule has 0 saturated heterocycles. The van der Waals surface area contributed by atoms with Gasteiger partial charge in [0.1, 0.15) is 11.3 Å². The van der Waals surface area contributed by atoms with Crippen LogP contribution in [0.15, 0.2) is 30.6 Å². The number of H-pyrrole nitrogens is 1. The number of nitrogen functional groups attached to an aromatic ring is 1. The van der Waals surface area contributed by atoms with E-state index in [0.717, 1.165) is 10.9 Å². The number of nitrogens with two attached hydrogens (primary N) is 1. The summed E-state index contributed by atoms with van der Waals surface area (Å²) in [4.78, 5) is 20.2. The van der Waals surface area contributed by atoms with Gasteiger partial charge in [-0.2, -0.15) is 9.97 Å². The van der Waals surface area contributed by atoms with Crippen molar-refractivity contribution in [1.82, 2.24) is 24.9 Å². The van der Waals surface area contributed by atoms with Gasteiger partial charge in [0, 0.05) is 17.5 Å². The quantitative estimate of drug-likeness (QED) is 0.334. The van der Waals surface area contributed by atoms with Gasteiger partial charge < -0.3 is 26.5 Å². The molecule has 0 aliphatic carbocycles. The number of pyridine rings is 1. The highest BCUT2D eigenvalue weighted by Gasteiger charge is 2.17. The minimum atomic E-state index is -0.183. The maximum atomic E-state index is 9.21. The van der Waals surface area contributed by atoms with Crippen LogP contribution in [0.5, 0.6) is 0 Å². The fourth-order valence-corrected chi connectivity index (χ4v) is 3.29. The fourth-order valence-electron chi connectivity index (χ4n) is 3.06. The average Bonchev–Trinajstić information content (AvgIpc) is 3.14. The number of nitrogens with zero attached hydrogens (tertiary/aromatic N) is 4. The van der Waals surface area contributed by atoms with E-state index in [1.165, 1.54) is 0 Å². The van der Waals surface area contributed by atoms with E-state index in [4.69, 9.17) is 17.3 Å². The lowest BCUT2D eigenvalue weighted by Crippen LogP contribution is -2.15. The lowest BCUT2D eigenvalue weighted by atomic mass is 10.1. The summed E-state index contributed by atoms with van der Waals surface area (Å²) in [5.74, 6) is 1.32. The monoisotopic (exact) mass is 398 g/mol. The Labute approximate surface area is 165 Å². The molecule has 28 heavy (non-hydrogen) atoms. The topological polar surface area (TPSA) is 138 Å². The van der Waals surface area contributed by atoms with Crippen LogP contribution in [-0.4, -0.2) is 43.2 Å². The van der Waals surface area contributed by atoms with Crippen molar-refractivity contribution < 1.29 is 5.11 Å². The molecule has 9 nitrogen and oxygen atoms in total. The summed E-state index contributed by atoms with van der Waals surface area (Å²) in [7, 11) is 0. The summed E-state index contributed by atoms with van der Waals surface area (Å²) < 4.78 is 0. The number of halogens is 1. The van der Waals surface area contributed by atoms with E-state index in [1.54, 1.807) is 12.4 Å². The number of aliphatic hydroxyl groups excluding tert-OH is 1. The lowest BCUT2D eigenvalue weighted by Gasteiger charge is -2.20. The number of rotatable bonds is 6. The number of aliphatic hydroxyl groups is 1. The van der Waals surface area contributed by atoms with Crippen molar-refractivity contribution >= 4 is 51.3 Å². The number of imidazole rings is 1. The van der Waals surface area contributed by atoms with Crippen LogP contribution in [0.2, 0.25) is 5.02 Å². The number of fused-ring (bicyclic) bond motifs is 2. The molecule has 0 amide bonds. The Morgan fingerprint density at radius 1 is 1.25 bits per heavy atom. The Morgan fingerprint density at radius 2 is 2.11 bits per heavy atom. The SMILES string of the molecule is C[C@H](Nc1nc(N)nc2nc[nH]c12)c1cc2cccc(Cl)c2nc1NCCO. The van der Waals surface area contributed by atoms with Crippen molar-refractivity contribution in [1.29, 1.82) is 0 Å². The van der Waals surface area contributed by atoms with Crippen molar-refractivity contribution in [3.05, 3.63) is 41.2 Å². The largest absolute Gasteiger partial charge is 0.395 e. The number of hydrogen-bond acceptors (Lipinski definition) is 8. The molecule has 0 unspecified atom stereocenters. The maximum Gasteiger partial charge on any atom is 0.224 e. The van der Waals surface area contributed by atoms with Gasteiger partial charge in [0.15, 0.2) is 11.5 Å². The molecule has 144 valence electrons. The van der Waals surface area contributed by atoms with Gasteiger partial charge in [-0.15, -0.1) is 0 Å². The Bertz CT molecular complexity index is 1150. The molecular weight excluding hydrogens is 380 g/mol. The fraction of sp³-hybridized carbons (Fsp3) is 0.222. The van der Waals surface area contributed by atoms with Gasteiger partial charge in [0.05, 0.1) is 29.5 Å². The first-order valence-electron chi connectivity index (χ1n) is 8.74. The van der Waals surface area contributed by atoms with Crippen LogP contribution >= 0.6 is 11.6 Å². The number of para-hydroxylation sites is 1. The first-order valence-corrected chi connectivity index (χ1v) is 9.11. The molecule has 0 bridgehead atoms. The smallest absolute Gasteiger partial charge is 0.224 e. The van der Waals surface area contributed by atoms with Crippen molar-refractivity contribution in [3.8, 4) is 0 Å². The van der Waals surface area contributed by atoms with Gasteiger partial charge >= 0.3 is 0 Å². The predicted molar refractivity (Wildman–Crippen MR) is 110 cm³/mol. The number of nitrogens with one attached hydrogen (secondary N) is 3. The van der Waals surface area contributed by atoms with Gasteiger partial charge in [-0.3, -0.25) is 0 Å². The number of aromatic amines is 1. The first-order chi connectivity index (χ1) is 13.6. The van der Waals surface area contributed by atoms with Crippen LogP contribution in [0.1, 0.15) is 18.5 Å². The Hall–Kier alpha value is -3.17. The molecule has 0 spiro atoms. The van der Waals surface area contributed by atoms with Crippen LogP contribution in [0.25, 0.3) is 22.1 Å². The molecule has 4 rings (SSSR count). The Kier molecular flexibility index (Phi) is 4.84. The summed E-state index contributed by atoms with van der Waals surface area (Å²) in [5.41, 5.74) is 8.55. The van der Waals surface area contributed by atoms with E-state index in [0.29, 0.717) is 39.9 Å². The first kappa shape index (κ1) is 18.2. The van der Waals surface area contributed by atoms with Crippen molar-refractivity contribution in [2.45, 2.75) is 13.0 Å². The molecule has 3 heterocycles. The molecule has 1 aromatic carbocycles. The molecule has 0 aliphatic heterocycles. The third-order valence-corrected chi connectivity index (χ3v) is 4.66. The zero-order valence-corrected chi connectivity index (χ0v) is 15.8. The van der Waals surface area contributed by atoms with Crippen LogP contribution in [-0.2, 0) is 0 Å². The van der Waals surface area contributed by atoms with Gasteiger partial charge in [0.25, 0.3) is 0 Å². The van der Waals surface area contributed by atoms with Crippen molar-refractivity contribution in [3.63, 3.8) is 0 Å². The molecule has 4 aromatic rings. The summed E-state index contributed by atoms with van der Waals surface area (Å²) in [6, 6.07) is 7.47. The van der Waals surface area contributed by atoms with E-state index in [9.17, 15) is 5.11 Å². The Balaban J connectivity index is 1.76. The number of hydrogen-bond donors (Lipinski definition) is 5. The zero-order valence-electron chi connectivity index (χ0n) is 15.1. The number of benzene rings is 1. The third-order valence-electron chi connectivity index (χ3n) is 4.35. The average molecular weight is 399 g/mol. The van der Waals surface area contributed by atoms with Gasteiger partial charge in [-0.25, -0.2) is 9.97 Å². The molecule has 6 N–H and O–H groups in total. The molecule has 1 atom stereocenters. The predicted octanol–water partition coefficient (Wildman–Crippen LogP) is 2.71. The van der Waals surface area contributed by atoms with Crippen LogP contribution in [0.3, 0.4) is 0 Å². The maximum absolute atomic E-state index is 9.21. The number of anilines is 3. The number of aromatic nitrogens is 5. The molecule has 10 heteroatoms.